The molecule has 0 aliphatic heterocycles. The first-order valence-electron chi connectivity index (χ1n) is 9.28. The molecule has 0 saturated carbocycles. The number of aromatic nitrogens is 5. The van der Waals surface area contributed by atoms with E-state index in [1.165, 1.54) is 6.20 Å². The molecule has 0 unspecified atom stereocenters. The van der Waals surface area contributed by atoms with Crippen molar-refractivity contribution in [2.75, 3.05) is 7.11 Å². The van der Waals surface area contributed by atoms with Crippen LogP contribution in [-0.2, 0) is 6.54 Å². The van der Waals surface area contributed by atoms with Crippen molar-refractivity contribution in [1.82, 2.24) is 30.2 Å². The van der Waals surface area contributed by atoms with Crippen LogP contribution in [0.1, 0.15) is 27.4 Å². The zero-order chi connectivity index (χ0) is 21.1. The number of rotatable bonds is 6. The lowest BCUT2D eigenvalue weighted by Gasteiger charge is -2.08. The molecule has 1 aromatic carbocycles. The number of carbonyl (C=O) groups excluding carboxylic acids is 1. The molecule has 0 fully saturated rings. The molecule has 1 amide bonds. The van der Waals surface area contributed by atoms with Crippen LogP contribution in [0.15, 0.2) is 53.3 Å². The summed E-state index contributed by atoms with van der Waals surface area (Å²) in [4.78, 5) is 21.3. The van der Waals surface area contributed by atoms with E-state index < -0.39 is 0 Å². The number of pyridine rings is 1. The van der Waals surface area contributed by atoms with Crippen LogP contribution in [0.3, 0.4) is 0 Å². The van der Waals surface area contributed by atoms with E-state index in [2.05, 4.69) is 25.5 Å². The molecule has 4 aromatic rings. The minimum Gasteiger partial charge on any atom is -0.497 e. The predicted molar refractivity (Wildman–Crippen MR) is 108 cm³/mol. The highest BCUT2D eigenvalue weighted by Gasteiger charge is 2.17. The van der Waals surface area contributed by atoms with E-state index in [0.717, 1.165) is 16.9 Å². The van der Waals surface area contributed by atoms with Gasteiger partial charge in [0, 0.05) is 18.3 Å². The highest BCUT2D eigenvalue weighted by molar-refractivity contribution is 5.95. The second-order valence-electron chi connectivity index (χ2n) is 6.64. The number of amides is 1. The summed E-state index contributed by atoms with van der Waals surface area (Å²) in [5.74, 6) is 2.02. The molecule has 0 atom stereocenters. The number of benzene rings is 1. The smallest absolute Gasteiger partial charge is 0.258 e. The molecule has 9 nitrogen and oxygen atoms in total. The van der Waals surface area contributed by atoms with Crippen molar-refractivity contribution in [3.8, 4) is 23.0 Å². The fourth-order valence-electron chi connectivity index (χ4n) is 3.01. The monoisotopic (exact) mass is 404 g/mol. The van der Waals surface area contributed by atoms with Crippen molar-refractivity contribution in [1.29, 1.82) is 0 Å². The van der Waals surface area contributed by atoms with Gasteiger partial charge in [0.25, 0.3) is 11.8 Å². The summed E-state index contributed by atoms with van der Waals surface area (Å²) in [7, 11) is 1.61. The summed E-state index contributed by atoms with van der Waals surface area (Å²) >= 11 is 0. The van der Waals surface area contributed by atoms with Crippen molar-refractivity contribution >= 4 is 5.91 Å². The third-order valence-electron chi connectivity index (χ3n) is 4.58. The van der Waals surface area contributed by atoms with Crippen molar-refractivity contribution < 1.29 is 14.1 Å². The Bertz CT molecular complexity index is 1200. The van der Waals surface area contributed by atoms with Gasteiger partial charge in [-0.2, -0.15) is 10.1 Å². The van der Waals surface area contributed by atoms with Crippen LogP contribution in [0.2, 0.25) is 0 Å². The first-order valence-corrected chi connectivity index (χ1v) is 9.28. The minimum atomic E-state index is -0.217. The Morgan fingerprint density at radius 2 is 2.10 bits per heavy atom. The Kier molecular flexibility index (Phi) is 5.25. The summed E-state index contributed by atoms with van der Waals surface area (Å²) in [6.07, 6.45) is 3.16. The van der Waals surface area contributed by atoms with Crippen LogP contribution in [-0.4, -0.2) is 37.9 Å². The number of ether oxygens (including phenoxy) is 1. The van der Waals surface area contributed by atoms with Crippen LogP contribution < -0.4 is 10.1 Å². The molecule has 0 aliphatic rings. The molecule has 0 radical (unpaired) electrons. The quantitative estimate of drug-likeness (QED) is 0.526. The SMILES string of the molecule is COc1cccc(CNC(=O)c2cnn(-c3cc(-c4nc(C)no4)ccn3)c2C)c1. The maximum Gasteiger partial charge on any atom is 0.258 e. The van der Waals surface area contributed by atoms with Crippen LogP contribution in [0.5, 0.6) is 5.75 Å². The molecular formula is C21H20N6O3. The normalized spacial score (nSPS) is 10.8. The molecule has 0 bridgehead atoms. The van der Waals surface area contributed by atoms with Gasteiger partial charge in [0.2, 0.25) is 0 Å². The molecular weight excluding hydrogens is 384 g/mol. The molecule has 4 rings (SSSR count). The molecule has 1 N–H and O–H groups in total. The molecule has 0 saturated heterocycles. The van der Waals surface area contributed by atoms with Gasteiger partial charge >= 0.3 is 0 Å². The second-order valence-corrected chi connectivity index (χ2v) is 6.64. The largest absolute Gasteiger partial charge is 0.497 e. The lowest BCUT2D eigenvalue weighted by Crippen LogP contribution is -2.23. The zero-order valence-corrected chi connectivity index (χ0v) is 16.8. The molecule has 0 aliphatic carbocycles. The highest BCUT2D eigenvalue weighted by Crippen LogP contribution is 2.20. The number of methoxy groups -OCH3 is 1. The summed E-state index contributed by atoms with van der Waals surface area (Å²) in [5.41, 5.74) is 2.81. The van der Waals surface area contributed by atoms with Crippen LogP contribution in [0.25, 0.3) is 17.3 Å². The number of hydrogen-bond acceptors (Lipinski definition) is 7. The standard InChI is InChI=1S/C21H20N6O3/c1-13-18(20(28)23-11-15-5-4-6-17(9-15)29-3)12-24-27(13)19-10-16(7-8-22-19)21-25-14(2)26-30-21/h4-10,12H,11H2,1-3H3,(H,23,28). The first-order chi connectivity index (χ1) is 14.5. The Labute approximate surface area is 172 Å². The van der Waals surface area contributed by atoms with Crippen LogP contribution in [0, 0.1) is 13.8 Å². The van der Waals surface area contributed by atoms with Gasteiger partial charge in [0.05, 0.1) is 24.6 Å². The molecule has 30 heavy (non-hydrogen) atoms. The molecule has 0 spiro atoms. The molecule has 3 aromatic heterocycles. The third kappa shape index (κ3) is 3.90. The molecule has 3 heterocycles. The summed E-state index contributed by atoms with van der Waals surface area (Å²) in [5, 5.41) is 11.1. The topological polar surface area (TPSA) is 108 Å². The van der Waals surface area contributed by atoms with Gasteiger partial charge < -0.3 is 14.6 Å². The summed E-state index contributed by atoms with van der Waals surface area (Å²) in [6.45, 7) is 3.95. The fourth-order valence-corrected chi connectivity index (χ4v) is 3.01. The number of hydrogen-bond donors (Lipinski definition) is 1. The van der Waals surface area contributed by atoms with E-state index in [1.54, 1.807) is 37.0 Å². The Morgan fingerprint density at radius 1 is 1.23 bits per heavy atom. The molecule has 152 valence electrons. The average molecular weight is 404 g/mol. The van der Waals surface area contributed by atoms with E-state index in [9.17, 15) is 4.79 Å². The minimum absolute atomic E-state index is 0.217. The predicted octanol–water partition coefficient (Wildman–Crippen LogP) is 2.87. The molecule has 9 heteroatoms. The maximum absolute atomic E-state index is 12.7. The Morgan fingerprint density at radius 3 is 2.87 bits per heavy atom. The maximum atomic E-state index is 12.7. The summed E-state index contributed by atoms with van der Waals surface area (Å²) in [6, 6.07) is 11.1. The lowest BCUT2D eigenvalue weighted by molar-refractivity contribution is 0.0950. The van der Waals surface area contributed by atoms with Gasteiger partial charge in [-0.25, -0.2) is 9.67 Å². The van der Waals surface area contributed by atoms with E-state index in [-0.39, 0.29) is 5.91 Å². The third-order valence-corrected chi connectivity index (χ3v) is 4.58. The Balaban J connectivity index is 1.53. The number of nitrogens with one attached hydrogen (secondary N) is 1. The second kappa shape index (κ2) is 8.16. The lowest BCUT2D eigenvalue weighted by atomic mass is 10.2. The van der Waals surface area contributed by atoms with Gasteiger partial charge in [-0.3, -0.25) is 4.79 Å². The van der Waals surface area contributed by atoms with E-state index in [1.807, 2.05) is 31.2 Å². The average Bonchev–Trinajstić information content (AvgIpc) is 3.38. The first kappa shape index (κ1) is 19.3. The van der Waals surface area contributed by atoms with Gasteiger partial charge in [0.15, 0.2) is 11.6 Å². The van der Waals surface area contributed by atoms with Crippen LogP contribution in [0.4, 0.5) is 0 Å². The fraction of sp³-hybridized carbons (Fsp3) is 0.190. The number of nitrogens with zero attached hydrogens (tertiary/aromatic N) is 5. The zero-order valence-electron chi connectivity index (χ0n) is 16.8. The van der Waals surface area contributed by atoms with Crippen molar-refractivity contribution in [2.45, 2.75) is 20.4 Å². The van der Waals surface area contributed by atoms with Gasteiger partial charge in [-0.15, -0.1) is 0 Å². The van der Waals surface area contributed by atoms with Gasteiger partial charge in [0.1, 0.15) is 5.75 Å². The van der Waals surface area contributed by atoms with E-state index in [0.29, 0.717) is 35.3 Å². The Hall–Kier alpha value is -4.01. The number of aryl methyl sites for hydroxylation is 1. The highest BCUT2D eigenvalue weighted by atomic mass is 16.5. The van der Waals surface area contributed by atoms with Crippen LogP contribution >= 0.6 is 0 Å². The van der Waals surface area contributed by atoms with Crippen molar-refractivity contribution in [3.05, 3.63) is 71.4 Å². The van der Waals surface area contributed by atoms with E-state index >= 15 is 0 Å². The van der Waals surface area contributed by atoms with Gasteiger partial charge in [-0.1, -0.05) is 17.3 Å². The number of carbonyl (C=O) groups is 1. The van der Waals surface area contributed by atoms with Crippen molar-refractivity contribution in [3.63, 3.8) is 0 Å². The van der Waals surface area contributed by atoms with E-state index in [4.69, 9.17) is 9.26 Å². The van der Waals surface area contributed by atoms with Crippen molar-refractivity contribution in [2.24, 2.45) is 0 Å². The van der Waals surface area contributed by atoms with Gasteiger partial charge in [-0.05, 0) is 43.7 Å². The summed E-state index contributed by atoms with van der Waals surface area (Å²) < 4.78 is 12.0.